The van der Waals surface area contributed by atoms with Crippen molar-refractivity contribution < 1.29 is 4.74 Å². The largest absolute Gasteiger partial charge is 0.497 e. The monoisotopic (exact) mass is 288 g/mol. The number of H-pyrrole nitrogens is 1. The van der Waals surface area contributed by atoms with Crippen LogP contribution < -0.4 is 10.1 Å². The highest BCUT2D eigenvalue weighted by Gasteiger charge is 2.16. The van der Waals surface area contributed by atoms with Crippen molar-refractivity contribution in [2.45, 2.75) is 19.0 Å². The van der Waals surface area contributed by atoms with E-state index >= 15 is 0 Å². The number of ether oxygens (including phenoxy) is 1. The van der Waals surface area contributed by atoms with Gasteiger partial charge in [0.25, 0.3) is 0 Å². The Labute approximate surface area is 126 Å². The van der Waals surface area contributed by atoms with Crippen molar-refractivity contribution in [3.05, 3.63) is 47.8 Å². The van der Waals surface area contributed by atoms with Crippen LogP contribution in [0.1, 0.15) is 30.3 Å². The van der Waals surface area contributed by atoms with Crippen LogP contribution >= 0.6 is 0 Å². The molecule has 0 amide bonds. The van der Waals surface area contributed by atoms with E-state index in [1.54, 1.807) is 13.3 Å². The van der Waals surface area contributed by atoms with Gasteiger partial charge in [0, 0.05) is 24.8 Å². The van der Waals surface area contributed by atoms with Gasteiger partial charge in [0.2, 0.25) is 0 Å². The Kier molecular flexibility index (Phi) is 5.36. The lowest BCUT2D eigenvalue weighted by Gasteiger charge is -2.27. The maximum atomic E-state index is 5.32. The van der Waals surface area contributed by atoms with E-state index in [1.165, 1.54) is 5.56 Å². The van der Waals surface area contributed by atoms with E-state index in [1.807, 2.05) is 18.2 Å². The average molecular weight is 288 g/mol. The summed E-state index contributed by atoms with van der Waals surface area (Å²) in [7, 11) is 5.88. The lowest BCUT2D eigenvalue weighted by Crippen LogP contribution is -2.32. The number of methoxy groups -OCH3 is 1. The van der Waals surface area contributed by atoms with Crippen LogP contribution in [-0.2, 0) is 0 Å². The Balaban J connectivity index is 2.05. The molecule has 2 N–H and O–H groups in total. The molecule has 1 heterocycles. The summed E-state index contributed by atoms with van der Waals surface area (Å²) in [6, 6.07) is 10.7. The van der Waals surface area contributed by atoms with Gasteiger partial charge in [-0.3, -0.25) is 5.10 Å². The van der Waals surface area contributed by atoms with Crippen molar-refractivity contribution >= 4 is 0 Å². The third-order valence-electron chi connectivity index (χ3n) is 3.71. The minimum Gasteiger partial charge on any atom is -0.497 e. The SMILES string of the molecule is COc1cccc(C(CNC(C)c2ccn[nH]2)N(C)C)c1. The van der Waals surface area contributed by atoms with Gasteiger partial charge in [0.1, 0.15) is 5.75 Å². The summed E-state index contributed by atoms with van der Waals surface area (Å²) in [6.07, 6.45) is 1.78. The van der Waals surface area contributed by atoms with E-state index < -0.39 is 0 Å². The molecule has 0 saturated carbocycles. The summed E-state index contributed by atoms with van der Waals surface area (Å²) < 4.78 is 5.32. The Morgan fingerprint density at radius 3 is 2.76 bits per heavy atom. The molecule has 114 valence electrons. The maximum Gasteiger partial charge on any atom is 0.119 e. The highest BCUT2D eigenvalue weighted by atomic mass is 16.5. The van der Waals surface area contributed by atoms with Crippen molar-refractivity contribution in [3.63, 3.8) is 0 Å². The third-order valence-corrected chi connectivity index (χ3v) is 3.71. The molecule has 2 rings (SSSR count). The van der Waals surface area contributed by atoms with Gasteiger partial charge in [-0.05, 0) is 44.8 Å². The molecule has 0 aliphatic rings. The smallest absolute Gasteiger partial charge is 0.119 e. The molecule has 2 atom stereocenters. The lowest BCUT2D eigenvalue weighted by atomic mass is 10.0. The number of hydrogen-bond donors (Lipinski definition) is 2. The molecule has 0 spiro atoms. The van der Waals surface area contributed by atoms with Crippen molar-refractivity contribution in [3.8, 4) is 5.75 Å². The van der Waals surface area contributed by atoms with Crippen LogP contribution in [0, 0.1) is 0 Å². The predicted molar refractivity (Wildman–Crippen MR) is 84.4 cm³/mol. The molecule has 1 aromatic carbocycles. The molecule has 0 aliphatic carbocycles. The summed E-state index contributed by atoms with van der Waals surface area (Å²) in [5.41, 5.74) is 2.34. The molecule has 2 aromatic rings. The second kappa shape index (κ2) is 7.24. The van der Waals surface area contributed by atoms with E-state index in [0.717, 1.165) is 18.0 Å². The minimum absolute atomic E-state index is 0.237. The fourth-order valence-corrected chi connectivity index (χ4v) is 2.35. The highest BCUT2D eigenvalue weighted by molar-refractivity contribution is 5.30. The quantitative estimate of drug-likeness (QED) is 0.821. The number of aromatic nitrogens is 2. The Morgan fingerprint density at radius 1 is 1.33 bits per heavy atom. The molecule has 21 heavy (non-hydrogen) atoms. The topological polar surface area (TPSA) is 53.2 Å². The van der Waals surface area contributed by atoms with Gasteiger partial charge in [-0.25, -0.2) is 0 Å². The first-order valence-corrected chi connectivity index (χ1v) is 7.15. The van der Waals surface area contributed by atoms with Crippen molar-refractivity contribution in [1.29, 1.82) is 0 Å². The first kappa shape index (κ1) is 15.5. The molecule has 0 fully saturated rings. The van der Waals surface area contributed by atoms with E-state index in [-0.39, 0.29) is 12.1 Å². The third kappa shape index (κ3) is 4.06. The number of nitrogens with one attached hydrogen (secondary N) is 2. The van der Waals surface area contributed by atoms with Gasteiger partial charge in [-0.15, -0.1) is 0 Å². The second-order valence-corrected chi connectivity index (χ2v) is 5.40. The van der Waals surface area contributed by atoms with Gasteiger partial charge in [-0.1, -0.05) is 12.1 Å². The number of benzene rings is 1. The van der Waals surface area contributed by atoms with Crippen LogP contribution in [-0.4, -0.2) is 42.8 Å². The zero-order valence-corrected chi connectivity index (χ0v) is 13.1. The zero-order chi connectivity index (χ0) is 15.2. The number of rotatable bonds is 7. The molecule has 0 saturated heterocycles. The van der Waals surface area contributed by atoms with Crippen LogP contribution in [0.2, 0.25) is 0 Å². The fourth-order valence-electron chi connectivity index (χ4n) is 2.35. The molecule has 5 heteroatoms. The van der Waals surface area contributed by atoms with E-state index in [0.29, 0.717) is 0 Å². The first-order valence-electron chi connectivity index (χ1n) is 7.15. The van der Waals surface area contributed by atoms with Gasteiger partial charge >= 0.3 is 0 Å². The first-order chi connectivity index (χ1) is 10.1. The van der Waals surface area contributed by atoms with Gasteiger partial charge in [-0.2, -0.15) is 5.10 Å². The molecule has 5 nitrogen and oxygen atoms in total. The Morgan fingerprint density at radius 2 is 2.14 bits per heavy atom. The van der Waals surface area contributed by atoms with Gasteiger partial charge in [0.05, 0.1) is 12.8 Å². The lowest BCUT2D eigenvalue weighted by molar-refractivity contribution is 0.280. The predicted octanol–water partition coefficient (Wildman–Crippen LogP) is 2.37. The van der Waals surface area contributed by atoms with Crippen molar-refractivity contribution in [1.82, 2.24) is 20.4 Å². The molecule has 0 radical (unpaired) electrons. The van der Waals surface area contributed by atoms with Crippen LogP contribution in [0.3, 0.4) is 0 Å². The Bertz CT molecular complexity index is 539. The van der Waals surface area contributed by atoms with E-state index in [2.05, 4.69) is 53.6 Å². The van der Waals surface area contributed by atoms with Gasteiger partial charge in [0.15, 0.2) is 0 Å². The summed E-state index contributed by atoms with van der Waals surface area (Å²) in [6.45, 7) is 2.98. The molecular weight excluding hydrogens is 264 g/mol. The summed E-state index contributed by atoms with van der Waals surface area (Å²) in [4.78, 5) is 2.21. The fraction of sp³-hybridized carbons (Fsp3) is 0.438. The summed E-state index contributed by atoms with van der Waals surface area (Å²) in [5.74, 6) is 0.890. The van der Waals surface area contributed by atoms with Gasteiger partial charge < -0.3 is 15.0 Å². The van der Waals surface area contributed by atoms with Crippen molar-refractivity contribution in [2.75, 3.05) is 27.7 Å². The summed E-state index contributed by atoms with van der Waals surface area (Å²) >= 11 is 0. The molecule has 1 aromatic heterocycles. The molecule has 0 bridgehead atoms. The number of likely N-dealkylation sites (N-methyl/N-ethyl adjacent to an activating group) is 1. The maximum absolute atomic E-state index is 5.32. The minimum atomic E-state index is 0.237. The highest BCUT2D eigenvalue weighted by Crippen LogP contribution is 2.23. The van der Waals surface area contributed by atoms with Crippen LogP contribution in [0.15, 0.2) is 36.5 Å². The Hall–Kier alpha value is -1.85. The average Bonchev–Trinajstić information content (AvgIpc) is 3.01. The normalized spacial score (nSPS) is 14.1. The molecule has 0 aliphatic heterocycles. The zero-order valence-electron chi connectivity index (χ0n) is 13.1. The number of aromatic amines is 1. The van der Waals surface area contributed by atoms with Crippen LogP contribution in [0.4, 0.5) is 0 Å². The molecule has 2 unspecified atom stereocenters. The van der Waals surface area contributed by atoms with Crippen LogP contribution in [0.5, 0.6) is 5.75 Å². The number of hydrogen-bond acceptors (Lipinski definition) is 4. The van der Waals surface area contributed by atoms with E-state index in [4.69, 9.17) is 4.74 Å². The number of nitrogens with zero attached hydrogens (tertiary/aromatic N) is 2. The second-order valence-electron chi connectivity index (χ2n) is 5.40. The summed E-state index contributed by atoms with van der Waals surface area (Å²) in [5, 5.41) is 10.5. The molecular formula is C16H24N4O. The van der Waals surface area contributed by atoms with Crippen LogP contribution in [0.25, 0.3) is 0 Å². The van der Waals surface area contributed by atoms with E-state index in [9.17, 15) is 0 Å². The van der Waals surface area contributed by atoms with Crippen molar-refractivity contribution in [2.24, 2.45) is 0 Å². The standard InChI is InChI=1S/C16H24N4O/c1-12(15-8-9-18-19-15)17-11-16(20(2)3)13-6-5-7-14(10-13)21-4/h5-10,12,16-17H,11H2,1-4H3,(H,18,19).